The summed E-state index contributed by atoms with van der Waals surface area (Å²) in [5.74, 6) is 1.40. The van der Waals surface area contributed by atoms with Gasteiger partial charge in [0.25, 0.3) is 0 Å². The van der Waals surface area contributed by atoms with E-state index >= 15 is 0 Å². The van der Waals surface area contributed by atoms with Gasteiger partial charge in [-0.1, -0.05) is 12.1 Å². The van der Waals surface area contributed by atoms with Gasteiger partial charge < -0.3 is 9.88 Å². The van der Waals surface area contributed by atoms with Gasteiger partial charge in [-0.3, -0.25) is 4.79 Å². The van der Waals surface area contributed by atoms with Crippen LogP contribution < -0.4 is 5.32 Å². The second kappa shape index (κ2) is 6.88. The van der Waals surface area contributed by atoms with Gasteiger partial charge in [-0.2, -0.15) is 5.26 Å². The van der Waals surface area contributed by atoms with Gasteiger partial charge in [-0.25, -0.2) is 0 Å². The van der Waals surface area contributed by atoms with Gasteiger partial charge in [-0.05, 0) is 36.6 Å². The zero-order valence-corrected chi connectivity index (χ0v) is 12.6. The molecule has 3 rings (SSSR count). The van der Waals surface area contributed by atoms with Crippen LogP contribution >= 0.6 is 0 Å². The smallest absolute Gasteiger partial charge is 0.244 e. The summed E-state index contributed by atoms with van der Waals surface area (Å²) in [6, 6.07) is 9.19. The molecule has 2 aromatic rings. The van der Waals surface area contributed by atoms with Gasteiger partial charge in [0.1, 0.15) is 12.2 Å². The number of amides is 1. The first kappa shape index (κ1) is 15.0. The van der Waals surface area contributed by atoms with Gasteiger partial charge in [0.2, 0.25) is 5.91 Å². The average molecular weight is 307 g/mol. The molecule has 6 nitrogen and oxygen atoms in total. The molecule has 0 unspecified atom stereocenters. The summed E-state index contributed by atoms with van der Waals surface area (Å²) in [6.07, 6.45) is 7.24. The third-order valence-electron chi connectivity index (χ3n) is 3.68. The molecule has 1 fully saturated rings. The minimum atomic E-state index is -0.159. The Bertz CT molecular complexity index is 767. The molecule has 0 bridgehead atoms. The van der Waals surface area contributed by atoms with Crippen molar-refractivity contribution in [3.8, 4) is 6.07 Å². The van der Waals surface area contributed by atoms with Crippen molar-refractivity contribution in [2.75, 3.05) is 6.54 Å². The molecule has 0 saturated heterocycles. The summed E-state index contributed by atoms with van der Waals surface area (Å²) in [5, 5.41) is 19.7. The van der Waals surface area contributed by atoms with E-state index in [0.717, 1.165) is 11.4 Å². The molecular formula is C17H17N5O. The largest absolute Gasteiger partial charge is 0.351 e. The molecule has 1 aromatic heterocycles. The highest BCUT2D eigenvalue weighted by atomic mass is 16.1. The van der Waals surface area contributed by atoms with Crippen LogP contribution in [0.1, 0.15) is 35.7 Å². The molecule has 1 amide bonds. The lowest BCUT2D eigenvalue weighted by molar-refractivity contribution is -0.116. The Labute approximate surface area is 134 Å². The zero-order chi connectivity index (χ0) is 16.1. The van der Waals surface area contributed by atoms with E-state index in [-0.39, 0.29) is 5.91 Å². The van der Waals surface area contributed by atoms with E-state index in [1.807, 2.05) is 10.6 Å². The lowest BCUT2D eigenvalue weighted by Crippen LogP contribution is -2.25. The van der Waals surface area contributed by atoms with Crippen LogP contribution in [-0.4, -0.2) is 27.2 Å². The van der Waals surface area contributed by atoms with Crippen LogP contribution in [0.3, 0.4) is 0 Å². The number of nitrogens with one attached hydrogen (secondary N) is 1. The number of hydrogen-bond donors (Lipinski definition) is 1. The van der Waals surface area contributed by atoms with Crippen molar-refractivity contribution in [3.05, 3.63) is 53.6 Å². The third kappa shape index (κ3) is 4.04. The summed E-state index contributed by atoms with van der Waals surface area (Å²) >= 11 is 0. The van der Waals surface area contributed by atoms with Crippen molar-refractivity contribution in [2.45, 2.75) is 25.3 Å². The van der Waals surface area contributed by atoms with Crippen LogP contribution in [-0.2, 0) is 11.3 Å². The lowest BCUT2D eigenvalue weighted by Gasteiger charge is -2.06. The topological polar surface area (TPSA) is 83.6 Å². The molecule has 0 radical (unpaired) electrons. The monoisotopic (exact) mass is 307 g/mol. The van der Waals surface area contributed by atoms with Crippen molar-refractivity contribution in [1.29, 1.82) is 5.26 Å². The molecule has 1 aromatic carbocycles. The third-order valence-corrected chi connectivity index (χ3v) is 3.68. The Morgan fingerprint density at radius 1 is 1.48 bits per heavy atom. The van der Waals surface area contributed by atoms with E-state index in [4.69, 9.17) is 5.26 Å². The first-order valence-corrected chi connectivity index (χ1v) is 7.60. The Morgan fingerprint density at radius 2 is 2.35 bits per heavy atom. The fourth-order valence-electron chi connectivity index (χ4n) is 2.34. The molecular weight excluding hydrogens is 290 g/mol. The normalized spacial score (nSPS) is 13.9. The van der Waals surface area contributed by atoms with Crippen molar-refractivity contribution < 1.29 is 4.79 Å². The number of carbonyl (C=O) groups is 1. The summed E-state index contributed by atoms with van der Waals surface area (Å²) < 4.78 is 2.00. The van der Waals surface area contributed by atoms with Gasteiger partial charge in [-0.15, -0.1) is 10.2 Å². The van der Waals surface area contributed by atoms with E-state index in [2.05, 4.69) is 21.6 Å². The van der Waals surface area contributed by atoms with E-state index in [9.17, 15) is 4.79 Å². The number of carbonyl (C=O) groups excluding carboxylic acids is 1. The van der Waals surface area contributed by atoms with Gasteiger partial charge >= 0.3 is 0 Å². The van der Waals surface area contributed by atoms with Crippen LogP contribution in [0.4, 0.5) is 0 Å². The predicted octanol–water partition coefficient (Wildman–Crippen LogP) is 1.86. The van der Waals surface area contributed by atoms with E-state index in [0.29, 0.717) is 24.6 Å². The summed E-state index contributed by atoms with van der Waals surface area (Å²) in [4.78, 5) is 11.8. The van der Waals surface area contributed by atoms with Crippen LogP contribution in [0.5, 0.6) is 0 Å². The number of hydrogen-bond acceptors (Lipinski definition) is 4. The predicted molar refractivity (Wildman–Crippen MR) is 85.2 cm³/mol. The molecule has 1 aliphatic rings. The second-order valence-electron chi connectivity index (χ2n) is 5.52. The summed E-state index contributed by atoms with van der Waals surface area (Å²) in [6.45, 7) is 1.20. The second-order valence-corrected chi connectivity index (χ2v) is 5.52. The minimum Gasteiger partial charge on any atom is -0.351 e. The zero-order valence-electron chi connectivity index (χ0n) is 12.6. The maximum Gasteiger partial charge on any atom is 0.244 e. The number of nitrogens with zero attached hydrogens (tertiary/aromatic N) is 4. The van der Waals surface area contributed by atoms with E-state index in [1.165, 1.54) is 18.9 Å². The number of rotatable bonds is 6. The van der Waals surface area contributed by atoms with Crippen molar-refractivity contribution >= 4 is 12.0 Å². The molecule has 1 heterocycles. The summed E-state index contributed by atoms with van der Waals surface area (Å²) in [5.41, 5.74) is 1.40. The lowest BCUT2D eigenvalue weighted by atomic mass is 10.1. The highest BCUT2D eigenvalue weighted by Crippen LogP contribution is 2.38. The Kier molecular flexibility index (Phi) is 4.48. The molecule has 0 spiro atoms. The van der Waals surface area contributed by atoms with Crippen LogP contribution in [0, 0.1) is 11.3 Å². The molecule has 1 aliphatic carbocycles. The van der Waals surface area contributed by atoms with E-state index in [1.54, 1.807) is 30.6 Å². The van der Waals surface area contributed by atoms with Crippen molar-refractivity contribution in [2.24, 2.45) is 0 Å². The van der Waals surface area contributed by atoms with Crippen molar-refractivity contribution in [1.82, 2.24) is 20.1 Å². The molecule has 0 aliphatic heterocycles. The first-order chi connectivity index (χ1) is 11.3. The maximum absolute atomic E-state index is 11.8. The molecule has 1 saturated carbocycles. The van der Waals surface area contributed by atoms with Crippen LogP contribution in [0.25, 0.3) is 6.08 Å². The maximum atomic E-state index is 11.8. The van der Waals surface area contributed by atoms with E-state index < -0.39 is 0 Å². The fraction of sp³-hybridized carbons (Fsp3) is 0.294. The molecule has 1 N–H and O–H groups in total. The Morgan fingerprint density at radius 3 is 3.13 bits per heavy atom. The molecule has 0 atom stereocenters. The Balaban J connectivity index is 1.48. The average Bonchev–Trinajstić information content (AvgIpc) is 3.32. The highest BCUT2D eigenvalue weighted by molar-refractivity contribution is 5.91. The number of aromatic nitrogens is 3. The Hall–Kier alpha value is -2.94. The van der Waals surface area contributed by atoms with Gasteiger partial charge in [0, 0.05) is 25.1 Å². The first-order valence-electron chi connectivity index (χ1n) is 7.60. The standard InChI is InChI=1S/C17H17N5O/c18-11-14-3-1-2-13(10-14)4-7-16(23)19-8-9-22-12-20-21-17(22)15-5-6-15/h1-4,7,10,12,15H,5-6,8-9H2,(H,19,23). The fourth-order valence-corrected chi connectivity index (χ4v) is 2.34. The molecule has 23 heavy (non-hydrogen) atoms. The van der Waals surface area contributed by atoms with Crippen LogP contribution in [0.2, 0.25) is 0 Å². The SMILES string of the molecule is N#Cc1cccc(C=CC(=O)NCCn2cnnc2C2CC2)c1. The van der Waals surface area contributed by atoms with Crippen molar-refractivity contribution in [3.63, 3.8) is 0 Å². The minimum absolute atomic E-state index is 0.159. The molecule has 6 heteroatoms. The highest BCUT2D eigenvalue weighted by Gasteiger charge is 2.28. The molecule has 116 valence electrons. The van der Waals surface area contributed by atoms with Gasteiger partial charge in [0.15, 0.2) is 0 Å². The number of nitriles is 1. The number of benzene rings is 1. The quantitative estimate of drug-likeness (QED) is 0.826. The van der Waals surface area contributed by atoms with Gasteiger partial charge in [0.05, 0.1) is 11.6 Å². The summed E-state index contributed by atoms with van der Waals surface area (Å²) in [7, 11) is 0. The van der Waals surface area contributed by atoms with Crippen LogP contribution in [0.15, 0.2) is 36.7 Å².